The van der Waals surface area contributed by atoms with Crippen molar-refractivity contribution >= 4 is 16.7 Å². The molecule has 162 valence electrons. The summed E-state index contributed by atoms with van der Waals surface area (Å²) in [5.41, 5.74) is 1.49. The molecule has 0 radical (unpaired) electrons. The lowest BCUT2D eigenvalue weighted by Gasteiger charge is -2.16. The highest BCUT2D eigenvalue weighted by Crippen LogP contribution is 2.22. The number of rotatable bonds is 4. The first-order valence-corrected chi connectivity index (χ1v) is 10.8. The molecule has 1 N–H and O–H groups in total. The maximum Gasteiger partial charge on any atom is 0.274 e. The van der Waals surface area contributed by atoms with Gasteiger partial charge >= 0.3 is 0 Å². The number of benzene rings is 2. The Hall–Kier alpha value is -3.81. The molecule has 1 amide bonds. The van der Waals surface area contributed by atoms with E-state index in [4.69, 9.17) is 0 Å². The highest BCUT2D eigenvalue weighted by atomic mass is 16.2. The zero-order chi connectivity index (χ0) is 22.1. The first kappa shape index (κ1) is 20.1. The Labute approximate surface area is 184 Å². The second-order valence-corrected chi connectivity index (χ2v) is 8.15. The van der Waals surface area contributed by atoms with Crippen molar-refractivity contribution < 1.29 is 4.79 Å². The number of nitrogens with one attached hydrogen (secondary N) is 1. The highest BCUT2D eigenvalue weighted by molar-refractivity contribution is 5.88. The first-order valence-electron chi connectivity index (χ1n) is 10.8. The summed E-state index contributed by atoms with van der Waals surface area (Å²) < 4.78 is 3.46. The Balaban J connectivity index is 1.29. The van der Waals surface area contributed by atoms with Crippen LogP contribution in [-0.4, -0.2) is 36.5 Å². The highest BCUT2D eigenvalue weighted by Gasteiger charge is 2.22. The van der Waals surface area contributed by atoms with E-state index >= 15 is 0 Å². The molecule has 1 unspecified atom stereocenters. The molecule has 0 spiro atoms. The van der Waals surface area contributed by atoms with Crippen molar-refractivity contribution in [3.05, 3.63) is 76.5 Å². The molecule has 3 heterocycles. The van der Waals surface area contributed by atoms with Gasteiger partial charge in [0, 0.05) is 37.0 Å². The van der Waals surface area contributed by atoms with Crippen molar-refractivity contribution in [2.75, 3.05) is 0 Å². The molecule has 0 saturated heterocycles. The summed E-state index contributed by atoms with van der Waals surface area (Å²) in [5, 5.41) is 17.6. The van der Waals surface area contributed by atoms with Gasteiger partial charge in [0.15, 0.2) is 5.82 Å². The SMILES string of the molecule is Cn1nc(CC(=O)NC2CCc3nnc(-c4ccccc4)n3CC2)c2ccccc2c1=O. The van der Waals surface area contributed by atoms with Gasteiger partial charge in [0.2, 0.25) is 5.91 Å². The van der Waals surface area contributed by atoms with Crippen LogP contribution in [0, 0.1) is 0 Å². The van der Waals surface area contributed by atoms with E-state index in [1.165, 1.54) is 4.68 Å². The van der Waals surface area contributed by atoms with Crippen molar-refractivity contribution in [3.63, 3.8) is 0 Å². The lowest BCUT2D eigenvalue weighted by molar-refractivity contribution is -0.121. The molecule has 32 heavy (non-hydrogen) atoms. The topological polar surface area (TPSA) is 94.7 Å². The molecule has 2 aromatic carbocycles. The number of carbonyl (C=O) groups is 1. The van der Waals surface area contributed by atoms with Crippen LogP contribution in [0.5, 0.6) is 0 Å². The van der Waals surface area contributed by atoms with E-state index in [0.717, 1.165) is 48.4 Å². The minimum absolute atomic E-state index is 0.0478. The molecule has 2 aromatic heterocycles. The molecular weight excluding hydrogens is 404 g/mol. The maximum atomic E-state index is 12.9. The number of nitrogens with zero attached hydrogens (tertiary/aromatic N) is 5. The fraction of sp³-hybridized carbons (Fsp3) is 0.292. The average molecular weight is 428 g/mol. The average Bonchev–Trinajstić information content (AvgIpc) is 3.12. The Morgan fingerprint density at radius 1 is 1.03 bits per heavy atom. The van der Waals surface area contributed by atoms with Crippen LogP contribution >= 0.6 is 0 Å². The van der Waals surface area contributed by atoms with E-state index in [-0.39, 0.29) is 23.9 Å². The third kappa shape index (κ3) is 3.79. The lowest BCUT2D eigenvalue weighted by Crippen LogP contribution is -2.36. The van der Waals surface area contributed by atoms with Gasteiger partial charge in [0.05, 0.1) is 17.5 Å². The van der Waals surface area contributed by atoms with E-state index in [1.807, 2.05) is 48.5 Å². The van der Waals surface area contributed by atoms with Gasteiger partial charge in [-0.2, -0.15) is 5.10 Å². The zero-order valence-electron chi connectivity index (χ0n) is 17.9. The molecule has 0 aliphatic carbocycles. The van der Waals surface area contributed by atoms with Gasteiger partial charge in [0.1, 0.15) is 5.82 Å². The van der Waals surface area contributed by atoms with Crippen molar-refractivity contribution in [1.82, 2.24) is 29.9 Å². The summed E-state index contributed by atoms with van der Waals surface area (Å²) >= 11 is 0. The summed E-state index contributed by atoms with van der Waals surface area (Å²) in [4.78, 5) is 25.2. The molecule has 8 nitrogen and oxygen atoms in total. The van der Waals surface area contributed by atoms with Crippen LogP contribution in [0.1, 0.15) is 24.4 Å². The van der Waals surface area contributed by atoms with Crippen LogP contribution in [0.3, 0.4) is 0 Å². The summed E-state index contributed by atoms with van der Waals surface area (Å²) in [6.45, 7) is 0.749. The predicted molar refractivity (Wildman–Crippen MR) is 121 cm³/mol. The normalized spacial score (nSPS) is 15.8. The fourth-order valence-corrected chi connectivity index (χ4v) is 4.37. The number of amides is 1. The van der Waals surface area contributed by atoms with E-state index < -0.39 is 0 Å². The van der Waals surface area contributed by atoms with Gasteiger partial charge in [-0.3, -0.25) is 9.59 Å². The van der Waals surface area contributed by atoms with Gasteiger partial charge in [0.25, 0.3) is 5.56 Å². The maximum absolute atomic E-state index is 12.9. The minimum Gasteiger partial charge on any atom is -0.353 e. The number of fused-ring (bicyclic) bond motifs is 2. The molecule has 0 bridgehead atoms. The Morgan fingerprint density at radius 2 is 1.78 bits per heavy atom. The number of aryl methyl sites for hydroxylation is 2. The van der Waals surface area contributed by atoms with Crippen LogP contribution in [0.4, 0.5) is 0 Å². The summed E-state index contributed by atoms with van der Waals surface area (Å²) in [6, 6.07) is 17.4. The third-order valence-corrected chi connectivity index (χ3v) is 6.00. The molecule has 5 rings (SSSR count). The summed E-state index contributed by atoms with van der Waals surface area (Å²) in [5.74, 6) is 1.73. The second-order valence-electron chi connectivity index (χ2n) is 8.15. The van der Waals surface area contributed by atoms with Gasteiger partial charge in [-0.1, -0.05) is 48.5 Å². The van der Waals surface area contributed by atoms with Crippen molar-refractivity contribution in [1.29, 1.82) is 0 Å². The molecule has 1 aliphatic rings. The molecule has 1 atom stereocenters. The zero-order valence-corrected chi connectivity index (χ0v) is 17.9. The first-order chi connectivity index (χ1) is 15.6. The summed E-state index contributed by atoms with van der Waals surface area (Å²) in [6.07, 6.45) is 2.50. The molecule has 8 heteroatoms. The third-order valence-electron chi connectivity index (χ3n) is 6.00. The lowest BCUT2D eigenvalue weighted by atomic mass is 10.1. The van der Waals surface area contributed by atoms with E-state index in [9.17, 15) is 9.59 Å². The van der Waals surface area contributed by atoms with Gasteiger partial charge < -0.3 is 9.88 Å². The van der Waals surface area contributed by atoms with E-state index in [1.54, 1.807) is 13.1 Å². The molecule has 4 aromatic rings. The van der Waals surface area contributed by atoms with Crippen molar-refractivity contribution in [3.8, 4) is 11.4 Å². The van der Waals surface area contributed by atoms with Crippen LogP contribution < -0.4 is 10.9 Å². The predicted octanol–water partition coefficient (Wildman–Crippen LogP) is 2.26. The van der Waals surface area contributed by atoms with Gasteiger partial charge in [-0.15, -0.1) is 10.2 Å². The quantitative estimate of drug-likeness (QED) is 0.538. The smallest absolute Gasteiger partial charge is 0.274 e. The standard InChI is InChI=1S/C24H24N6O2/c1-29-24(32)19-10-6-5-9-18(19)20(28-29)15-22(31)25-17-11-12-21-26-27-23(30(21)14-13-17)16-7-3-2-4-8-16/h2-10,17H,11-15H2,1H3,(H,25,31). The van der Waals surface area contributed by atoms with Crippen LogP contribution in [0.25, 0.3) is 22.2 Å². The van der Waals surface area contributed by atoms with E-state index in [0.29, 0.717) is 11.1 Å². The Kier molecular flexibility index (Phi) is 5.26. The van der Waals surface area contributed by atoms with E-state index in [2.05, 4.69) is 25.2 Å². The van der Waals surface area contributed by atoms with Crippen molar-refractivity contribution in [2.24, 2.45) is 7.05 Å². The van der Waals surface area contributed by atoms with Gasteiger partial charge in [-0.05, 0) is 18.9 Å². The molecule has 0 fully saturated rings. The number of hydrogen-bond donors (Lipinski definition) is 1. The number of aromatic nitrogens is 5. The summed E-state index contributed by atoms with van der Waals surface area (Å²) in [7, 11) is 1.61. The molecule has 1 aliphatic heterocycles. The second kappa shape index (κ2) is 8.37. The van der Waals surface area contributed by atoms with Crippen LogP contribution in [0.15, 0.2) is 59.4 Å². The Morgan fingerprint density at radius 3 is 2.59 bits per heavy atom. The molecule has 0 saturated carbocycles. The van der Waals surface area contributed by atoms with Gasteiger partial charge in [-0.25, -0.2) is 4.68 Å². The minimum atomic E-state index is -0.161. The Bertz CT molecular complexity index is 1340. The van der Waals surface area contributed by atoms with Crippen molar-refractivity contribution in [2.45, 2.75) is 38.3 Å². The number of hydrogen-bond acceptors (Lipinski definition) is 5. The van der Waals surface area contributed by atoms with Crippen LogP contribution in [-0.2, 0) is 31.2 Å². The monoisotopic (exact) mass is 428 g/mol. The number of carbonyl (C=O) groups excluding carboxylic acids is 1. The van der Waals surface area contributed by atoms with Crippen LogP contribution in [0.2, 0.25) is 0 Å². The molecular formula is C24H24N6O2. The largest absolute Gasteiger partial charge is 0.353 e. The fourth-order valence-electron chi connectivity index (χ4n) is 4.37.